The molecule has 0 amide bonds. The second-order valence-electron chi connectivity index (χ2n) is 5.83. The molecule has 27 heavy (non-hydrogen) atoms. The van der Waals surface area contributed by atoms with E-state index in [0.29, 0.717) is 32.3 Å². The first-order chi connectivity index (χ1) is 12.9. The number of halogens is 3. The largest absolute Gasteiger partial charge is 0.493 e. The molecule has 0 radical (unpaired) electrons. The van der Waals surface area contributed by atoms with Crippen molar-refractivity contribution in [2.45, 2.75) is 18.0 Å². The molecule has 3 rings (SSSR count). The molecule has 144 valence electrons. The fraction of sp³-hybridized carbons (Fsp3) is 0.278. The van der Waals surface area contributed by atoms with Gasteiger partial charge in [0.15, 0.2) is 11.5 Å². The van der Waals surface area contributed by atoms with E-state index < -0.39 is 12.0 Å². The first kappa shape index (κ1) is 20.4. The average Bonchev–Trinajstić information content (AvgIpc) is 3.12. The van der Waals surface area contributed by atoms with Crippen LogP contribution in [0.25, 0.3) is 0 Å². The molecule has 2 aromatic rings. The molecule has 2 atom stereocenters. The zero-order chi connectivity index (χ0) is 19.6. The number of nitrogens with one attached hydrogen (secondary N) is 1. The predicted molar refractivity (Wildman–Crippen MR) is 109 cm³/mol. The number of ether oxygens (including phenoxy) is 2. The summed E-state index contributed by atoms with van der Waals surface area (Å²) in [6.07, 6.45) is 0. The van der Waals surface area contributed by atoms with Crippen LogP contribution in [0.3, 0.4) is 0 Å². The minimum absolute atomic E-state index is 0.183. The number of methoxy groups -OCH3 is 1. The average molecular weight is 449 g/mol. The van der Waals surface area contributed by atoms with Gasteiger partial charge in [-0.05, 0) is 29.8 Å². The van der Waals surface area contributed by atoms with Crippen molar-refractivity contribution >= 4 is 52.5 Å². The van der Waals surface area contributed by atoms with E-state index in [-0.39, 0.29) is 12.0 Å². The van der Waals surface area contributed by atoms with E-state index in [1.165, 1.54) is 18.9 Å². The number of hydrogen-bond acceptors (Lipinski definition) is 5. The van der Waals surface area contributed by atoms with E-state index in [2.05, 4.69) is 5.32 Å². The van der Waals surface area contributed by atoms with Crippen LogP contribution in [0.15, 0.2) is 30.3 Å². The Labute approximate surface area is 175 Å². The van der Waals surface area contributed by atoms with Crippen molar-refractivity contribution in [2.75, 3.05) is 12.9 Å². The van der Waals surface area contributed by atoms with Crippen LogP contribution in [-0.2, 0) is 11.4 Å². The Morgan fingerprint density at radius 1 is 1.26 bits per heavy atom. The lowest BCUT2D eigenvalue weighted by atomic mass is 10.1. The first-order valence-electron chi connectivity index (χ1n) is 7.93. The molecule has 0 unspecified atom stereocenters. The van der Waals surface area contributed by atoms with Crippen LogP contribution in [0.2, 0.25) is 15.1 Å². The summed E-state index contributed by atoms with van der Waals surface area (Å²) < 4.78 is 11.3. The molecule has 0 spiro atoms. The Balaban J connectivity index is 1.79. The van der Waals surface area contributed by atoms with Crippen LogP contribution in [0.5, 0.6) is 11.5 Å². The number of thioether (sulfide) groups is 1. The standard InChI is InChI=1S/C18H16Cl3NO4S/c1-25-15-5-10(17-22-14(8-27-17)18(23)24)4-13(21)16(15)26-7-9-2-3-11(19)6-12(9)20/h2-6,14,17,22H,7-8H2,1H3,(H,23,24)/t14-,17-/m1/s1. The quantitative estimate of drug-likeness (QED) is 0.646. The van der Waals surface area contributed by atoms with Crippen molar-refractivity contribution in [1.82, 2.24) is 5.32 Å². The number of carbonyl (C=O) groups is 1. The zero-order valence-electron chi connectivity index (χ0n) is 14.2. The SMILES string of the molecule is COc1cc([C@@H]2N[C@@H](C(=O)O)CS2)cc(Cl)c1OCc1ccc(Cl)cc1Cl. The Bertz CT molecular complexity index is 865. The molecule has 0 saturated carbocycles. The maximum atomic E-state index is 11.1. The van der Waals surface area contributed by atoms with Crippen LogP contribution < -0.4 is 14.8 Å². The molecule has 9 heteroatoms. The van der Waals surface area contributed by atoms with Gasteiger partial charge in [0.25, 0.3) is 0 Å². The second kappa shape index (κ2) is 8.80. The molecule has 5 nitrogen and oxygen atoms in total. The molecule has 0 aliphatic carbocycles. The van der Waals surface area contributed by atoms with Crippen LogP contribution in [0, 0.1) is 0 Å². The fourth-order valence-electron chi connectivity index (χ4n) is 2.63. The normalized spacial score (nSPS) is 19.1. The fourth-order valence-corrected chi connectivity index (χ4v) is 4.58. The van der Waals surface area contributed by atoms with E-state index in [4.69, 9.17) is 49.4 Å². The third-order valence-electron chi connectivity index (χ3n) is 4.02. The van der Waals surface area contributed by atoms with Gasteiger partial charge in [-0.3, -0.25) is 10.1 Å². The minimum Gasteiger partial charge on any atom is -0.493 e. The minimum atomic E-state index is -0.872. The molecule has 1 aliphatic rings. The van der Waals surface area contributed by atoms with Gasteiger partial charge in [0.1, 0.15) is 12.6 Å². The van der Waals surface area contributed by atoms with Crippen LogP contribution >= 0.6 is 46.6 Å². The second-order valence-corrected chi connectivity index (χ2v) is 8.22. The van der Waals surface area contributed by atoms with Gasteiger partial charge in [-0.2, -0.15) is 0 Å². The summed E-state index contributed by atoms with van der Waals surface area (Å²) in [7, 11) is 1.52. The van der Waals surface area contributed by atoms with Gasteiger partial charge in [0, 0.05) is 21.4 Å². The highest BCUT2D eigenvalue weighted by atomic mass is 35.5. The molecule has 0 aromatic heterocycles. The van der Waals surface area contributed by atoms with Gasteiger partial charge >= 0.3 is 5.97 Å². The molecule has 2 N–H and O–H groups in total. The van der Waals surface area contributed by atoms with Gasteiger partial charge in [-0.15, -0.1) is 11.8 Å². The van der Waals surface area contributed by atoms with Crippen molar-refractivity contribution in [2.24, 2.45) is 0 Å². The third-order valence-corrected chi connectivity index (χ3v) is 6.16. The lowest BCUT2D eigenvalue weighted by Crippen LogP contribution is -2.33. The lowest BCUT2D eigenvalue weighted by Gasteiger charge is -2.17. The summed E-state index contributed by atoms with van der Waals surface area (Å²) in [6, 6.07) is 8.11. The van der Waals surface area contributed by atoms with E-state index in [1.54, 1.807) is 30.3 Å². The van der Waals surface area contributed by atoms with E-state index in [1.807, 2.05) is 0 Å². The number of hydrogen-bond donors (Lipinski definition) is 2. The monoisotopic (exact) mass is 447 g/mol. The molecule has 2 aromatic carbocycles. The number of aliphatic carboxylic acids is 1. The number of carboxylic acids is 1. The Hall–Kier alpha value is -1.31. The molecule has 1 fully saturated rings. The summed E-state index contributed by atoms with van der Waals surface area (Å²) in [5, 5.41) is 13.4. The molecule has 1 saturated heterocycles. The van der Waals surface area contributed by atoms with Crippen molar-refractivity contribution in [3.8, 4) is 11.5 Å². The maximum absolute atomic E-state index is 11.1. The summed E-state index contributed by atoms with van der Waals surface area (Å²) in [5.41, 5.74) is 1.59. The van der Waals surface area contributed by atoms with Gasteiger partial charge < -0.3 is 14.6 Å². The summed E-state index contributed by atoms with van der Waals surface area (Å²) >= 11 is 20.0. The number of carboxylic acid groups (broad SMARTS) is 1. The van der Waals surface area contributed by atoms with E-state index in [9.17, 15) is 4.79 Å². The van der Waals surface area contributed by atoms with E-state index in [0.717, 1.165) is 11.1 Å². The highest BCUT2D eigenvalue weighted by Gasteiger charge is 2.31. The van der Waals surface area contributed by atoms with Crippen molar-refractivity contribution < 1.29 is 19.4 Å². The molecule has 0 bridgehead atoms. The number of benzene rings is 2. The van der Waals surface area contributed by atoms with Gasteiger partial charge in [-0.1, -0.05) is 40.9 Å². The zero-order valence-corrected chi connectivity index (χ0v) is 17.3. The van der Waals surface area contributed by atoms with Crippen molar-refractivity contribution in [3.63, 3.8) is 0 Å². The summed E-state index contributed by atoms with van der Waals surface area (Å²) in [6.45, 7) is 0.197. The highest BCUT2D eigenvalue weighted by molar-refractivity contribution is 7.99. The highest BCUT2D eigenvalue weighted by Crippen LogP contribution is 2.42. The topological polar surface area (TPSA) is 67.8 Å². The maximum Gasteiger partial charge on any atom is 0.321 e. The van der Waals surface area contributed by atoms with Gasteiger partial charge in [-0.25, -0.2) is 0 Å². The molecular formula is C18H16Cl3NO4S. The predicted octanol–water partition coefficient (Wildman–Crippen LogP) is 5.02. The molecular weight excluding hydrogens is 433 g/mol. The molecule has 1 aliphatic heterocycles. The van der Waals surface area contributed by atoms with Crippen LogP contribution in [0.4, 0.5) is 0 Å². The summed E-state index contributed by atoms with van der Waals surface area (Å²) in [4.78, 5) is 11.1. The van der Waals surface area contributed by atoms with Crippen LogP contribution in [0.1, 0.15) is 16.5 Å². The van der Waals surface area contributed by atoms with Crippen molar-refractivity contribution in [3.05, 3.63) is 56.5 Å². The Morgan fingerprint density at radius 3 is 2.67 bits per heavy atom. The van der Waals surface area contributed by atoms with Crippen molar-refractivity contribution in [1.29, 1.82) is 0 Å². The Kier molecular flexibility index (Phi) is 6.65. The summed E-state index contributed by atoms with van der Waals surface area (Å²) in [5.74, 6) is 0.464. The van der Waals surface area contributed by atoms with Gasteiger partial charge in [0.05, 0.1) is 17.5 Å². The Morgan fingerprint density at radius 2 is 2.04 bits per heavy atom. The molecule has 1 heterocycles. The van der Waals surface area contributed by atoms with Crippen LogP contribution in [-0.4, -0.2) is 30.0 Å². The number of rotatable bonds is 6. The van der Waals surface area contributed by atoms with E-state index >= 15 is 0 Å². The van der Waals surface area contributed by atoms with Gasteiger partial charge in [0.2, 0.25) is 0 Å². The first-order valence-corrected chi connectivity index (χ1v) is 10.1. The lowest BCUT2D eigenvalue weighted by molar-refractivity contribution is -0.138. The smallest absolute Gasteiger partial charge is 0.321 e. The third kappa shape index (κ3) is 4.76.